The van der Waals surface area contributed by atoms with Crippen molar-refractivity contribution in [3.8, 4) is 5.75 Å². The number of anilines is 2. The van der Waals surface area contributed by atoms with Crippen molar-refractivity contribution < 1.29 is 9.90 Å². The lowest BCUT2D eigenvalue weighted by Crippen LogP contribution is -2.12. The molecule has 0 fully saturated rings. The fourth-order valence-electron chi connectivity index (χ4n) is 4.09. The maximum absolute atomic E-state index is 12.8. The number of hydrogen-bond donors (Lipinski definition) is 4. The maximum Gasteiger partial charge on any atom is 0.255 e. The number of phenols is 1. The summed E-state index contributed by atoms with van der Waals surface area (Å²) in [6.07, 6.45) is 3.88. The highest BCUT2D eigenvalue weighted by molar-refractivity contribution is 6.04. The number of nitrogens with zero attached hydrogens (tertiary/aromatic N) is 1. The second-order valence-electron chi connectivity index (χ2n) is 9.31. The SMILES string of the molecule is Cc1cc(/C=C/c2cc(CNc3cccc(C(=O)Nc4ccc(C(C)C)c(C)c4)c3)[nH]n2)ccc1O. The van der Waals surface area contributed by atoms with Crippen molar-refractivity contribution in [3.05, 3.63) is 106 Å². The largest absolute Gasteiger partial charge is 0.508 e. The van der Waals surface area contributed by atoms with Gasteiger partial charge in [-0.1, -0.05) is 38.1 Å². The van der Waals surface area contributed by atoms with Crippen LogP contribution in [0.4, 0.5) is 11.4 Å². The summed E-state index contributed by atoms with van der Waals surface area (Å²) in [5.41, 5.74) is 8.24. The Balaban J connectivity index is 1.35. The van der Waals surface area contributed by atoms with Crippen LogP contribution in [0.2, 0.25) is 0 Å². The number of amides is 1. The molecular formula is C30H32N4O2. The van der Waals surface area contributed by atoms with Gasteiger partial charge in [0.25, 0.3) is 5.91 Å². The van der Waals surface area contributed by atoms with Gasteiger partial charge in [-0.2, -0.15) is 5.10 Å². The number of hydrogen-bond acceptors (Lipinski definition) is 4. The third-order valence-electron chi connectivity index (χ3n) is 6.08. The first-order valence-corrected chi connectivity index (χ1v) is 12.1. The van der Waals surface area contributed by atoms with Crippen molar-refractivity contribution in [2.45, 2.75) is 40.2 Å². The van der Waals surface area contributed by atoms with Crippen LogP contribution in [0.15, 0.2) is 66.7 Å². The van der Waals surface area contributed by atoms with E-state index in [1.807, 2.05) is 67.6 Å². The Hall–Kier alpha value is -4.32. The average Bonchev–Trinajstić information content (AvgIpc) is 3.31. The van der Waals surface area contributed by atoms with E-state index in [2.05, 4.69) is 47.7 Å². The molecule has 0 aliphatic carbocycles. The minimum atomic E-state index is -0.145. The van der Waals surface area contributed by atoms with Crippen molar-refractivity contribution in [2.24, 2.45) is 0 Å². The molecule has 1 amide bonds. The van der Waals surface area contributed by atoms with E-state index in [1.165, 1.54) is 11.1 Å². The van der Waals surface area contributed by atoms with Crippen molar-refractivity contribution >= 4 is 29.4 Å². The molecule has 0 aliphatic rings. The first-order valence-electron chi connectivity index (χ1n) is 12.1. The standard InChI is InChI=1S/C30H32N4O2/c1-19(2)28-12-11-25(15-20(28)3)32-30(36)23-6-5-7-24(16-23)31-18-27-17-26(33-34-27)10-8-22-9-13-29(35)21(4)14-22/h5-17,19,31,35H,18H2,1-4H3,(H,32,36)(H,33,34)/b10-8+. The molecule has 0 aliphatic heterocycles. The van der Waals surface area contributed by atoms with Crippen molar-refractivity contribution in [2.75, 3.05) is 10.6 Å². The van der Waals surface area contributed by atoms with E-state index in [0.717, 1.165) is 33.9 Å². The van der Waals surface area contributed by atoms with E-state index in [4.69, 9.17) is 0 Å². The van der Waals surface area contributed by atoms with Gasteiger partial charge in [-0.05, 0) is 96.6 Å². The molecular weight excluding hydrogens is 448 g/mol. The van der Waals surface area contributed by atoms with E-state index >= 15 is 0 Å². The summed E-state index contributed by atoms with van der Waals surface area (Å²) in [7, 11) is 0. The van der Waals surface area contributed by atoms with Gasteiger partial charge in [0.1, 0.15) is 5.75 Å². The second kappa shape index (κ2) is 11.0. The highest BCUT2D eigenvalue weighted by Gasteiger charge is 2.10. The summed E-state index contributed by atoms with van der Waals surface area (Å²) in [6.45, 7) is 8.81. The fraction of sp³-hybridized carbons (Fsp3) is 0.200. The van der Waals surface area contributed by atoms with Crippen molar-refractivity contribution in [3.63, 3.8) is 0 Å². The van der Waals surface area contributed by atoms with Gasteiger partial charge in [0.15, 0.2) is 0 Å². The molecule has 6 nitrogen and oxygen atoms in total. The predicted molar refractivity (Wildman–Crippen MR) is 147 cm³/mol. The van der Waals surface area contributed by atoms with Crippen LogP contribution in [0, 0.1) is 13.8 Å². The van der Waals surface area contributed by atoms with Gasteiger partial charge in [0.2, 0.25) is 0 Å². The third kappa shape index (κ3) is 6.21. The maximum atomic E-state index is 12.8. The molecule has 36 heavy (non-hydrogen) atoms. The van der Waals surface area contributed by atoms with Gasteiger partial charge in [-0.25, -0.2) is 0 Å². The van der Waals surface area contributed by atoms with Crippen LogP contribution in [0.1, 0.15) is 63.8 Å². The number of aromatic nitrogens is 2. The number of carbonyl (C=O) groups excluding carboxylic acids is 1. The molecule has 184 valence electrons. The van der Waals surface area contributed by atoms with E-state index in [1.54, 1.807) is 12.1 Å². The van der Waals surface area contributed by atoms with E-state index in [9.17, 15) is 9.90 Å². The number of phenolic OH excluding ortho intramolecular Hbond substituents is 1. The predicted octanol–water partition coefficient (Wildman–Crippen LogP) is 6.89. The zero-order valence-corrected chi connectivity index (χ0v) is 21.1. The number of aromatic hydroxyl groups is 1. The molecule has 0 saturated carbocycles. The molecule has 0 radical (unpaired) electrons. The van der Waals surface area contributed by atoms with Crippen LogP contribution in [0.25, 0.3) is 12.2 Å². The number of benzene rings is 3. The summed E-state index contributed by atoms with van der Waals surface area (Å²) >= 11 is 0. The molecule has 4 aromatic rings. The molecule has 0 spiro atoms. The molecule has 6 heteroatoms. The van der Waals surface area contributed by atoms with Crippen LogP contribution < -0.4 is 10.6 Å². The van der Waals surface area contributed by atoms with Crippen molar-refractivity contribution in [1.82, 2.24) is 10.2 Å². The summed E-state index contributed by atoms with van der Waals surface area (Å²) < 4.78 is 0. The lowest BCUT2D eigenvalue weighted by molar-refractivity contribution is 0.102. The first-order chi connectivity index (χ1) is 17.3. The van der Waals surface area contributed by atoms with Crippen LogP contribution in [0.3, 0.4) is 0 Å². The lowest BCUT2D eigenvalue weighted by Gasteiger charge is -2.13. The highest BCUT2D eigenvalue weighted by atomic mass is 16.3. The average molecular weight is 481 g/mol. The minimum Gasteiger partial charge on any atom is -0.508 e. The van der Waals surface area contributed by atoms with E-state index < -0.39 is 0 Å². The van der Waals surface area contributed by atoms with Crippen LogP contribution in [-0.2, 0) is 6.54 Å². The Morgan fingerprint density at radius 1 is 0.972 bits per heavy atom. The van der Waals surface area contributed by atoms with E-state index in [0.29, 0.717) is 18.0 Å². The first kappa shape index (κ1) is 24.8. The number of H-pyrrole nitrogens is 1. The van der Waals surface area contributed by atoms with Gasteiger partial charge >= 0.3 is 0 Å². The van der Waals surface area contributed by atoms with Gasteiger partial charge in [-0.3, -0.25) is 9.89 Å². The number of carbonyl (C=O) groups is 1. The molecule has 0 atom stereocenters. The smallest absolute Gasteiger partial charge is 0.255 e. The van der Waals surface area contributed by atoms with Crippen LogP contribution >= 0.6 is 0 Å². The zero-order chi connectivity index (χ0) is 25.7. The lowest BCUT2D eigenvalue weighted by atomic mass is 9.97. The number of aromatic amines is 1. The van der Waals surface area contributed by atoms with Crippen LogP contribution in [0.5, 0.6) is 5.75 Å². The molecule has 1 heterocycles. The topological polar surface area (TPSA) is 90.0 Å². The zero-order valence-electron chi connectivity index (χ0n) is 21.1. The highest BCUT2D eigenvalue weighted by Crippen LogP contribution is 2.23. The van der Waals surface area contributed by atoms with Gasteiger partial charge in [0, 0.05) is 16.9 Å². The Labute approximate surface area is 212 Å². The summed E-state index contributed by atoms with van der Waals surface area (Å²) in [5, 5.41) is 23.4. The van der Waals surface area contributed by atoms with E-state index in [-0.39, 0.29) is 11.7 Å². The molecule has 1 aromatic heterocycles. The third-order valence-corrected chi connectivity index (χ3v) is 6.08. The Kier molecular flexibility index (Phi) is 7.54. The minimum absolute atomic E-state index is 0.145. The number of rotatable bonds is 8. The number of aryl methyl sites for hydroxylation is 2. The monoisotopic (exact) mass is 480 g/mol. The summed E-state index contributed by atoms with van der Waals surface area (Å²) in [6, 6.07) is 20.9. The van der Waals surface area contributed by atoms with Gasteiger partial charge in [0.05, 0.1) is 17.9 Å². The molecule has 4 rings (SSSR count). The summed E-state index contributed by atoms with van der Waals surface area (Å²) in [4.78, 5) is 12.8. The number of nitrogens with one attached hydrogen (secondary N) is 3. The quantitative estimate of drug-likeness (QED) is 0.221. The molecule has 0 bridgehead atoms. The van der Waals surface area contributed by atoms with Crippen molar-refractivity contribution in [1.29, 1.82) is 0 Å². The Morgan fingerprint density at radius 3 is 2.56 bits per heavy atom. The van der Waals surface area contributed by atoms with Gasteiger partial charge < -0.3 is 15.7 Å². The molecule has 4 N–H and O–H groups in total. The Morgan fingerprint density at radius 2 is 1.81 bits per heavy atom. The van der Waals surface area contributed by atoms with Crippen LogP contribution in [-0.4, -0.2) is 21.2 Å². The molecule has 0 saturated heterocycles. The molecule has 3 aromatic carbocycles. The summed E-state index contributed by atoms with van der Waals surface area (Å²) in [5.74, 6) is 0.592. The molecule has 0 unspecified atom stereocenters. The normalized spacial score (nSPS) is 11.2. The second-order valence-corrected chi connectivity index (χ2v) is 9.31. The fourth-order valence-corrected chi connectivity index (χ4v) is 4.09. The Bertz CT molecular complexity index is 1400. The van der Waals surface area contributed by atoms with Gasteiger partial charge in [-0.15, -0.1) is 0 Å².